The van der Waals surface area contributed by atoms with Gasteiger partial charge in [-0.2, -0.15) is 0 Å². The third-order valence-corrected chi connectivity index (χ3v) is 5.92. The lowest BCUT2D eigenvalue weighted by Crippen LogP contribution is -2.17. The van der Waals surface area contributed by atoms with E-state index in [1.54, 1.807) is 49.5 Å². The highest BCUT2D eigenvalue weighted by atomic mass is 35.5. The van der Waals surface area contributed by atoms with Crippen LogP contribution in [0.2, 0.25) is 5.02 Å². The molecule has 0 bridgehead atoms. The summed E-state index contributed by atoms with van der Waals surface area (Å²) in [6, 6.07) is 14.1. The highest BCUT2D eigenvalue weighted by molar-refractivity contribution is 7.92. The number of benzene rings is 2. The van der Waals surface area contributed by atoms with Crippen molar-refractivity contribution in [1.29, 1.82) is 0 Å². The normalized spacial score (nSPS) is 11.0. The maximum absolute atomic E-state index is 12.9. The Bertz CT molecular complexity index is 1170. The van der Waals surface area contributed by atoms with Crippen LogP contribution in [-0.4, -0.2) is 26.4 Å². The van der Waals surface area contributed by atoms with Crippen molar-refractivity contribution in [3.05, 3.63) is 76.9 Å². The molecule has 0 saturated heterocycles. The molecule has 7 nitrogen and oxygen atoms in total. The van der Waals surface area contributed by atoms with Gasteiger partial charge in [-0.15, -0.1) is 0 Å². The Hall–Kier alpha value is -3.10. The summed E-state index contributed by atoms with van der Waals surface area (Å²) < 4.78 is 33.4. The molecular formula is C20H18ClN3O4S. The van der Waals surface area contributed by atoms with Crippen molar-refractivity contribution in [3.8, 4) is 5.75 Å². The molecule has 1 aromatic heterocycles. The van der Waals surface area contributed by atoms with E-state index in [0.29, 0.717) is 11.6 Å². The van der Waals surface area contributed by atoms with Crippen LogP contribution in [0.3, 0.4) is 0 Å². The Kier molecular flexibility index (Phi) is 6.05. The first kappa shape index (κ1) is 20.6. The minimum atomic E-state index is -4.07. The fourth-order valence-corrected chi connectivity index (χ4v) is 4.17. The lowest BCUT2D eigenvalue weighted by Gasteiger charge is -2.13. The second kappa shape index (κ2) is 8.50. The molecule has 0 aliphatic carbocycles. The fourth-order valence-electron chi connectivity index (χ4n) is 2.58. The van der Waals surface area contributed by atoms with E-state index in [-0.39, 0.29) is 21.2 Å². The SMILES string of the molecule is COc1ccccc1NS(=O)(=O)c1cc(C(=O)Nc2ncccc2C)ccc1Cl. The quantitative estimate of drug-likeness (QED) is 0.612. The summed E-state index contributed by atoms with van der Waals surface area (Å²) in [6.45, 7) is 1.80. The van der Waals surface area contributed by atoms with Gasteiger partial charge < -0.3 is 10.1 Å². The van der Waals surface area contributed by atoms with Gasteiger partial charge in [-0.05, 0) is 48.9 Å². The van der Waals surface area contributed by atoms with Crippen molar-refractivity contribution >= 4 is 39.0 Å². The van der Waals surface area contributed by atoms with Crippen molar-refractivity contribution in [2.45, 2.75) is 11.8 Å². The predicted octanol–water partition coefficient (Wildman–Crippen LogP) is 4.11. The Morgan fingerprint density at radius 2 is 1.86 bits per heavy atom. The van der Waals surface area contributed by atoms with Crippen molar-refractivity contribution in [1.82, 2.24) is 4.98 Å². The van der Waals surface area contributed by atoms with Gasteiger partial charge in [-0.3, -0.25) is 9.52 Å². The van der Waals surface area contributed by atoms with E-state index in [1.807, 2.05) is 0 Å². The molecule has 29 heavy (non-hydrogen) atoms. The number of ether oxygens (including phenoxy) is 1. The fraction of sp³-hybridized carbons (Fsp3) is 0.100. The van der Waals surface area contributed by atoms with E-state index in [0.717, 1.165) is 5.56 Å². The number of methoxy groups -OCH3 is 1. The number of carbonyl (C=O) groups is 1. The first-order valence-corrected chi connectivity index (χ1v) is 10.4. The summed E-state index contributed by atoms with van der Waals surface area (Å²) in [4.78, 5) is 16.5. The Labute approximate surface area is 173 Å². The second-order valence-electron chi connectivity index (χ2n) is 6.07. The zero-order chi connectivity index (χ0) is 21.0. The molecule has 0 aliphatic heterocycles. The number of amides is 1. The minimum Gasteiger partial charge on any atom is -0.495 e. The van der Waals surface area contributed by atoms with Crippen LogP contribution in [0, 0.1) is 6.92 Å². The van der Waals surface area contributed by atoms with Crippen molar-refractivity contribution in [3.63, 3.8) is 0 Å². The highest BCUT2D eigenvalue weighted by Crippen LogP contribution is 2.29. The third-order valence-electron chi connectivity index (χ3n) is 4.08. The Balaban J connectivity index is 1.92. The average molecular weight is 432 g/mol. The van der Waals surface area contributed by atoms with E-state index < -0.39 is 15.9 Å². The maximum atomic E-state index is 12.9. The summed E-state index contributed by atoms with van der Waals surface area (Å²) >= 11 is 6.12. The van der Waals surface area contributed by atoms with Gasteiger partial charge in [0.05, 0.1) is 17.8 Å². The molecule has 150 valence electrons. The minimum absolute atomic E-state index is 0.0158. The molecule has 9 heteroatoms. The number of carbonyl (C=O) groups excluding carboxylic acids is 1. The van der Waals surface area contributed by atoms with E-state index >= 15 is 0 Å². The molecule has 0 unspecified atom stereocenters. The molecule has 2 aromatic carbocycles. The van der Waals surface area contributed by atoms with Gasteiger partial charge in [-0.1, -0.05) is 29.8 Å². The lowest BCUT2D eigenvalue weighted by molar-refractivity contribution is 0.102. The second-order valence-corrected chi connectivity index (χ2v) is 8.13. The van der Waals surface area contributed by atoms with Crippen LogP contribution in [0.5, 0.6) is 5.75 Å². The standard InChI is InChI=1S/C20H18ClN3O4S/c1-13-6-5-11-22-19(13)23-20(25)14-9-10-15(21)18(12-14)29(26,27)24-16-7-3-4-8-17(16)28-2/h3-12,24H,1-2H3,(H,22,23,25). The number of para-hydroxylation sites is 2. The molecule has 0 atom stereocenters. The molecule has 3 aromatic rings. The molecule has 3 rings (SSSR count). The molecule has 0 aliphatic rings. The Morgan fingerprint density at radius 1 is 1.10 bits per heavy atom. The molecular weight excluding hydrogens is 414 g/mol. The van der Waals surface area contributed by atoms with Gasteiger partial charge in [0.25, 0.3) is 15.9 Å². The number of anilines is 2. The van der Waals surface area contributed by atoms with Crippen LogP contribution < -0.4 is 14.8 Å². The topological polar surface area (TPSA) is 97.4 Å². The number of halogens is 1. The van der Waals surface area contributed by atoms with Crippen LogP contribution >= 0.6 is 11.6 Å². The number of nitrogens with one attached hydrogen (secondary N) is 2. The van der Waals surface area contributed by atoms with E-state index in [4.69, 9.17) is 16.3 Å². The van der Waals surface area contributed by atoms with E-state index in [1.165, 1.54) is 25.3 Å². The number of pyridine rings is 1. The van der Waals surface area contributed by atoms with Gasteiger partial charge in [0.15, 0.2) is 0 Å². The maximum Gasteiger partial charge on any atom is 0.263 e. The smallest absolute Gasteiger partial charge is 0.263 e. The van der Waals surface area contributed by atoms with Crippen LogP contribution in [-0.2, 0) is 10.0 Å². The molecule has 1 amide bonds. The number of nitrogens with zero attached hydrogens (tertiary/aromatic N) is 1. The molecule has 0 fully saturated rings. The number of hydrogen-bond acceptors (Lipinski definition) is 5. The van der Waals surface area contributed by atoms with Gasteiger partial charge in [0.2, 0.25) is 0 Å². The highest BCUT2D eigenvalue weighted by Gasteiger charge is 2.22. The number of sulfonamides is 1. The van der Waals surface area contributed by atoms with Crippen LogP contribution in [0.4, 0.5) is 11.5 Å². The zero-order valence-electron chi connectivity index (χ0n) is 15.6. The summed E-state index contributed by atoms with van der Waals surface area (Å²) in [5.74, 6) is 0.243. The first-order chi connectivity index (χ1) is 13.8. The molecule has 0 spiro atoms. The molecule has 2 N–H and O–H groups in total. The largest absolute Gasteiger partial charge is 0.495 e. The van der Waals surface area contributed by atoms with Gasteiger partial charge in [0, 0.05) is 11.8 Å². The van der Waals surface area contributed by atoms with Crippen LogP contribution in [0.15, 0.2) is 65.7 Å². The van der Waals surface area contributed by atoms with Crippen molar-refractivity contribution < 1.29 is 17.9 Å². The summed E-state index contributed by atoms with van der Waals surface area (Å²) in [5, 5.41) is 2.65. The van der Waals surface area contributed by atoms with Gasteiger partial charge >= 0.3 is 0 Å². The molecule has 0 saturated carbocycles. The summed E-state index contributed by atoms with van der Waals surface area (Å²) in [6.07, 6.45) is 1.55. The first-order valence-electron chi connectivity index (χ1n) is 8.50. The number of hydrogen-bond donors (Lipinski definition) is 2. The number of rotatable bonds is 6. The van der Waals surface area contributed by atoms with Gasteiger partial charge in [-0.25, -0.2) is 13.4 Å². The summed E-state index contributed by atoms with van der Waals surface area (Å²) in [7, 11) is -2.64. The van der Waals surface area contributed by atoms with Crippen LogP contribution in [0.25, 0.3) is 0 Å². The average Bonchev–Trinajstić information content (AvgIpc) is 2.70. The predicted molar refractivity (Wildman–Crippen MR) is 112 cm³/mol. The van der Waals surface area contributed by atoms with Crippen molar-refractivity contribution in [2.75, 3.05) is 17.1 Å². The monoisotopic (exact) mass is 431 g/mol. The summed E-state index contributed by atoms with van der Waals surface area (Å²) in [5.41, 5.74) is 1.16. The third kappa shape index (κ3) is 4.67. The number of aryl methyl sites for hydroxylation is 1. The van der Waals surface area contributed by atoms with E-state index in [2.05, 4.69) is 15.0 Å². The van der Waals surface area contributed by atoms with Crippen molar-refractivity contribution in [2.24, 2.45) is 0 Å². The molecule has 0 radical (unpaired) electrons. The van der Waals surface area contributed by atoms with Gasteiger partial charge in [0.1, 0.15) is 16.5 Å². The molecule has 1 heterocycles. The van der Waals surface area contributed by atoms with E-state index in [9.17, 15) is 13.2 Å². The lowest BCUT2D eigenvalue weighted by atomic mass is 10.2. The van der Waals surface area contributed by atoms with Crippen LogP contribution in [0.1, 0.15) is 15.9 Å². The number of aromatic nitrogens is 1. The zero-order valence-corrected chi connectivity index (χ0v) is 17.2. The Morgan fingerprint density at radius 3 is 2.59 bits per heavy atom.